The van der Waals surface area contributed by atoms with Crippen LogP contribution in [0, 0.1) is 0 Å². The van der Waals surface area contributed by atoms with Gasteiger partial charge in [0.15, 0.2) is 12.6 Å². The Hall–Kier alpha value is -1.44. The highest BCUT2D eigenvalue weighted by Gasteiger charge is 2.14. The van der Waals surface area contributed by atoms with Crippen LogP contribution in [0.1, 0.15) is 47.1 Å². The van der Waals surface area contributed by atoms with Gasteiger partial charge in [-0.15, -0.1) is 0 Å². The molecule has 0 aliphatic rings. The molecule has 0 spiro atoms. The molecule has 0 bridgehead atoms. The lowest BCUT2D eigenvalue weighted by atomic mass is 9.85. The van der Waals surface area contributed by atoms with E-state index in [0.717, 1.165) is 11.8 Å². The minimum absolute atomic E-state index is 0.000819. The summed E-state index contributed by atoms with van der Waals surface area (Å²) < 4.78 is 0. The first-order chi connectivity index (χ1) is 6.49. The van der Waals surface area contributed by atoms with Gasteiger partial charge in [-0.3, -0.25) is 9.59 Å². The van der Waals surface area contributed by atoms with Crippen molar-refractivity contribution in [3.8, 4) is 0 Å². The number of carbonyl (C=O) groups excluding carboxylic acids is 2. The SMILES string of the molecule is CC(C)(C)c1ccc(C=O)c(C=O)c1. The zero-order valence-electron chi connectivity index (χ0n) is 8.70. The van der Waals surface area contributed by atoms with Gasteiger partial charge in [-0.25, -0.2) is 0 Å². The largest absolute Gasteiger partial charge is 0.298 e. The number of rotatable bonds is 2. The molecule has 2 nitrogen and oxygen atoms in total. The predicted molar refractivity (Wildman–Crippen MR) is 55.9 cm³/mol. The van der Waals surface area contributed by atoms with Crippen molar-refractivity contribution >= 4 is 12.6 Å². The van der Waals surface area contributed by atoms with Crippen molar-refractivity contribution in [1.82, 2.24) is 0 Å². The third kappa shape index (κ3) is 2.08. The molecule has 0 fully saturated rings. The molecule has 1 aromatic rings. The summed E-state index contributed by atoms with van der Waals surface area (Å²) in [5, 5.41) is 0. The third-order valence-corrected chi connectivity index (χ3v) is 2.21. The van der Waals surface area contributed by atoms with Crippen molar-refractivity contribution in [2.24, 2.45) is 0 Å². The Bertz CT molecular complexity index is 359. The van der Waals surface area contributed by atoms with E-state index >= 15 is 0 Å². The zero-order valence-corrected chi connectivity index (χ0v) is 8.70. The molecule has 14 heavy (non-hydrogen) atoms. The van der Waals surface area contributed by atoms with Crippen LogP contribution in [-0.2, 0) is 5.41 Å². The van der Waals surface area contributed by atoms with E-state index in [2.05, 4.69) is 20.8 Å². The lowest BCUT2D eigenvalue weighted by Crippen LogP contribution is -2.11. The Balaban J connectivity index is 3.27. The fourth-order valence-corrected chi connectivity index (χ4v) is 1.25. The standard InChI is InChI=1S/C12H14O2/c1-12(2,3)11-5-4-9(7-13)10(6-11)8-14/h4-8H,1-3H3. The van der Waals surface area contributed by atoms with E-state index in [9.17, 15) is 9.59 Å². The van der Waals surface area contributed by atoms with Crippen LogP contribution in [0.2, 0.25) is 0 Å². The Morgan fingerprint density at radius 3 is 2.00 bits per heavy atom. The predicted octanol–water partition coefficient (Wildman–Crippen LogP) is 2.61. The van der Waals surface area contributed by atoms with Crippen molar-refractivity contribution in [1.29, 1.82) is 0 Å². The second-order valence-electron chi connectivity index (χ2n) is 4.33. The molecule has 2 heteroatoms. The van der Waals surface area contributed by atoms with Gasteiger partial charge in [-0.05, 0) is 17.0 Å². The molecule has 0 N–H and O–H groups in total. The highest BCUT2D eigenvalue weighted by molar-refractivity contribution is 5.90. The van der Waals surface area contributed by atoms with E-state index in [1.807, 2.05) is 6.07 Å². The smallest absolute Gasteiger partial charge is 0.150 e. The van der Waals surface area contributed by atoms with Crippen LogP contribution in [-0.4, -0.2) is 12.6 Å². The first kappa shape index (κ1) is 10.6. The molecular weight excluding hydrogens is 176 g/mol. The lowest BCUT2D eigenvalue weighted by molar-refractivity contribution is 0.109. The molecule has 0 saturated carbocycles. The molecule has 0 aliphatic carbocycles. The van der Waals surface area contributed by atoms with Crippen molar-refractivity contribution in [3.63, 3.8) is 0 Å². The molecule has 74 valence electrons. The molecule has 0 amide bonds. The van der Waals surface area contributed by atoms with E-state index < -0.39 is 0 Å². The second kappa shape index (κ2) is 3.74. The minimum atomic E-state index is -0.000819. The van der Waals surface area contributed by atoms with Crippen LogP contribution in [0.4, 0.5) is 0 Å². The second-order valence-corrected chi connectivity index (χ2v) is 4.33. The van der Waals surface area contributed by atoms with Crippen LogP contribution in [0.25, 0.3) is 0 Å². The van der Waals surface area contributed by atoms with E-state index in [1.165, 1.54) is 0 Å². The Kier molecular flexibility index (Phi) is 2.84. The summed E-state index contributed by atoms with van der Waals surface area (Å²) in [6.45, 7) is 6.20. The van der Waals surface area contributed by atoms with Gasteiger partial charge in [0, 0.05) is 11.1 Å². The summed E-state index contributed by atoms with van der Waals surface area (Å²) in [6.07, 6.45) is 1.43. The summed E-state index contributed by atoms with van der Waals surface area (Å²) in [7, 11) is 0. The Labute approximate surface area is 83.9 Å². The number of benzene rings is 1. The van der Waals surface area contributed by atoms with Gasteiger partial charge in [0.2, 0.25) is 0 Å². The van der Waals surface area contributed by atoms with Crippen molar-refractivity contribution in [2.75, 3.05) is 0 Å². The van der Waals surface area contributed by atoms with E-state index in [1.54, 1.807) is 12.1 Å². The number of carbonyl (C=O) groups is 2. The molecule has 0 aromatic heterocycles. The average Bonchev–Trinajstić information content (AvgIpc) is 2.15. The van der Waals surface area contributed by atoms with Gasteiger partial charge < -0.3 is 0 Å². The van der Waals surface area contributed by atoms with Crippen LogP contribution < -0.4 is 0 Å². The molecule has 0 radical (unpaired) electrons. The number of hydrogen-bond donors (Lipinski definition) is 0. The van der Waals surface area contributed by atoms with Gasteiger partial charge in [-0.1, -0.05) is 32.9 Å². The molecule has 0 saturated heterocycles. The molecular formula is C12H14O2. The monoisotopic (exact) mass is 190 g/mol. The van der Waals surface area contributed by atoms with Crippen molar-refractivity contribution < 1.29 is 9.59 Å². The maximum atomic E-state index is 10.7. The molecule has 1 aromatic carbocycles. The molecule has 0 unspecified atom stereocenters. The average molecular weight is 190 g/mol. The summed E-state index contributed by atoms with van der Waals surface area (Å²) in [5.74, 6) is 0. The highest BCUT2D eigenvalue weighted by Crippen LogP contribution is 2.23. The van der Waals surface area contributed by atoms with Crippen LogP contribution in [0.15, 0.2) is 18.2 Å². The minimum Gasteiger partial charge on any atom is -0.298 e. The van der Waals surface area contributed by atoms with Crippen LogP contribution in [0.5, 0.6) is 0 Å². The van der Waals surface area contributed by atoms with Crippen LogP contribution in [0.3, 0.4) is 0 Å². The summed E-state index contributed by atoms with van der Waals surface area (Å²) in [4.78, 5) is 21.3. The van der Waals surface area contributed by atoms with Gasteiger partial charge in [-0.2, -0.15) is 0 Å². The summed E-state index contributed by atoms with van der Waals surface area (Å²) in [5.41, 5.74) is 1.98. The first-order valence-electron chi connectivity index (χ1n) is 4.54. The molecule has 0 aliphatic heterocycles. The van der Waals surface area contributed by atoms with Gasteiger partial charge in [0.05, 0.1) is 0 Å². The van der Waals surface area contributed by atoms with Crippen LogP contribution >= 0.6 is 0 Å². The van der Waals surface area contributed by atoms with E-state index in [-0.39, 0.29) is 5.41 Å². The Morgan fingerprint density at radius 2 is 1.57 bits per heavy atom. The van der Waals surface area contributed by atoms with Gasteiger partial charge in [0.1, 0.15) is 0 Å². The first-order valence-corrected chi connectivity index (χ1v) is 4.54. The fraction of sp³-hybridized carbons (Fsp3) is 0.333. The van der Waals surface area contributed by atoms with Crippen molar-refractivity contribution in [2.45, 2.75) is 26.2 Å². The summed E-state index contributed by atoms with van der Waals surface area (Å²) >= 11 is 0. The normalized spacial score (nSPS) is 11.1. The Morgan fingerprint density at radius 1 is 1.00 bits per heavy atom. The topological polar surface area (TPSA) is 34.1 Å². The number of aldehydes is 2. The summed E-state index contributed by atoms with van der Waals surface area (Å²) in [6, 6.07) is 5.35. The molecule has 0 heterocycles. The van der Waals surface area contributed by atoms with Crippen molar-refractivity contribution in [3.05, 3.63) is 34.9 Å². The maximum absolute atomic E-state index is 10.7. The van der Waals surface area contributed by atoms with E-state index in [0.29, 0.717) is 17.4 Å². The lowest BCUT2D eigenvalue weighted by Gasteiger charge is -2.19. The fourth-order valence-electron chi connectivity index (χ4n) is 1.25. The molecule has 0 atom stereocenters. The quantitative estimate of drug-likeness (QED) is 0.672. The zero-order chi connectivity index (χ0) is 10.8. The maximum Gasteiger partial charge on any atom is 0.150 e. The van der Waals surface area contributed by atoms with Gasteiger partial charge >= 0.3 is 0 Å². The molecule has 1 rings (SSSR count). The van der Waals surface area contributed by atoms with E-state index in [4.69, 9.17) is 0 Å². The number of hydrogen-bond acceptors (Lipinski definition) is 2. The third-order valence-electron chi connectivity index (χ3n) is 2.21. The highest BCUT2D eigenvalue weighted by atomic mass is 16.1. The van der Waals surface area contributed by atoms with Gasteiger partial charge in [0.25, 0.3) is 0 Å².